The van der Waals surface area contributed by atoms with Gasteiger partial charge < -0.3 is 9.64 Å². The van der Waals surface area contributed by atoms with Gasteiger partial charge in [-0.1, -0.05) is 5.92 Å². The van der Waals surface area contributed by atoms with Crippen molar-refractivity contribution in [1.29, 1.82) is 0 Å². The molecule has 84 valence electrons. The van der Waals surface area contributed by atoms with Crippen LogP contribution >= 0.6 is 0 Å². The van der Waals surface area contributed by atoms with Gasteiger partial charge in [-0.05, 0) is 12.8 Å². The molecule has 0 aliphatic carbocycles. The van der Waals surface area contributed by atoms with Crippen LogP contribution in [-0.4, -0.2) is 29.7 Å². The number of rotatable bonds is 3. The van der Waals surface area contributed by atoms with Gasteiger partial charge in [-0.3, -0.25) is 0 Å². The number of halogens is 1. The smallest absolute Gasteiger partial charge is 0.256 e. The average Bonchev–Trinajstić information content (AvgIpc) is 2.81. The fourth-order valence-corrected chi connectivity index (χ4v) is 1.71. The Bertz CT molecular complexity index is 410. The van der Waals surface area contributed by atoms with E-state index < -0.39 is 5.82 Å². The maximum atomic E-state index is 13.9. The molecular formula is C11H12FN3O. The first-order chi connectivity index (χ1) is 7.83. The maximum absolute atomic E-state index is 13.9. The second kappa shape index (κ2) is 4.79. The van der Waals surface area contributed by atoms with Crippen LogP contribution in [0, 0.1) is 18.2 Å². The van der Waals surface area contributed by atoms with Gasteiger partial charge in [0, 0.05) is 13.1 Å². The summed E-state index contributed by atoms with van der Waals surface area (Å²) in [5.41, 5.74) is 0. The van der Waals surface area contributed by atoms with Crippen molar-refractivity contribution in [3.8, 4) is 18.2 Å². The minimum atomic E-state index is -0.528. The molecule has 0 spiro atoms. The van der Waals surface area contributed by atoms with Crippen LogP contribution in [0.1, 0.15) is 12.8 Å². The standard InChI is InChI=1S/C11H12FN3O/c1-2-7-16-11-9(12)10(13-8-14-11)15-5-3-4-6-15/h1,8H,3-7H2. The topological polar surface area (TPSA) is 38.3 Å². The molecular weight excluding hydrogens is 209 g/mol. The summed E-state index contributed by atoms with van der Waals surface area (Å²) in [6.45, 7) is 1.65. The number of anilines is 1. The quantitative estimate of drug-likeness (QED) is 0.719. The highest BCUT2D eigenvalue weighted by molar-refractivity contribution is 5.43. The van der Waals surface area contributed by atoms with Crippen molar-refractivity contribution >= 4 is 5.82 Å². The second-order valence-corrected chi connectivity index (χ2v) is 3.50. The molecule has 2 rings (SSSR count). The number of terminal acetylenes is 1. The highest BCUT2D eigenvalue weighted by Gasteiger charge is 2.20. The summed E-state index contributed by atoms with van der Waals surface area (Å²) >= 11 is 0. The Morgan fingerprint density at radius 2 is 2.19 bits per heavy atom. The van der Waals surface area contributed by atoms with E-state index in [9.17, 15) is 4.39 Å². The molecule has 0 N–H and O–H groups in total. The molecule has 0 atom stereocenters. The van der Waals surface area contributed by atoms with Crippen LogP contribution in [-0.2, 0) is 0 Å². The van der Waals surface area contributed by atoms with Crippen molar-refractivity contribution in [2.75, 3.05) is 24.6 Å². The van der Waals surface area contributed by atoms with Crippen LogP contribution in [0.2, 0.25) is 0 Å². The fraction of sp³-hybridized carbons (Fsp3) is 0.455. The predicted molar refractivity (Wildman–Crippen MR) is 57.8 cm³/mol. The van der Waals surface area contributed by atoms with Gasteiger partial charge in [-0.2, -0.15) is 9.37 Å². The Hall–Kier alpha value is -1.83. The van der Waals surface area contributed by atoms with Gasteiger partial charge in [0.15, 0.2) is 12.4 Å². The van der Waals surface area contributed by atoms with E-state index in [-0.39, 0.29) is 12.5 Å². The van der Waals surface area contributed by atoms with Crippen LogP contribution in [0.4, 0.5) is 10.2 Å². The number of ether oxygens (including phenoxy) is 1. The number of aromatic nitrogens is 2. The maximum Gasteiger partial charge on any atom is 0.256 e. The molecule has 0 amide bonds. The minimum Gasteiger partial charge on any atom is -0.462 e. The molecule has 0 unspecified atom stereocenters. The average molecular weight is 221 g/mol. The minimum absolute atomic E-state index is 0.00731. The van der Waals surface area contributed by atoms with Crippen molar-refractivity contribution < 1.29 is 9.13 Å². The summed E-state index contributed by atoms with van der Waals surface area (Å²) in [6, 6.07) is 0. The SMILES string of the molecule is C#CCOc1ncnc(N2CCCC2)c1F. The predicted octanol–water partition coefficient (Wildman–Crippen LogP) is 1.23. The van der Waals surface area contributed by atoms with Crippen molar-refractivity contribution in [3.05, 3.63) is 12.1 Å². The van der Waals surface area contributed by atoms with E-state index in [2.05, 4.69) is 15.9 Å². The van der Waals surface area contributed by atoms with Gasteiger partial charge in [0.1, 0.15) is 6.33 Å². The van der Waals surface area contributed by atoms with Gasteiger partial charge in [-0.15, -0.1) is 6.42 Å². The van der Waals surface area contributed by atoms with E-state index in [1.165, 1.54) is 6.33 Å². The normalized spacial score (nSPS) is 14.9. The van der Waals surface area contributed by atoms with E-state index >= 15 is 0 Å². The molecule has 2 heterocycles. The molecule has 1 fully saturated rings. The molecule has 0 saturated carbocycles. The van der Waals surface area contributed by atoms with E-state index in [1.54, 1.807) is 0 Å². The third-order valence-corrected chi connectivity index (χ3v) is 2.44. The van der Waals surface area contributed by atoms with Crippen molar-refractivity contribution in [2.45, 2.75) is 12.8 Å². The van der Waals surface area contributed by atoms with Crippen LogP contribution in [0.25, 0.3) is 0 Å². The molecule has 16 heavy (non-hydrogen) atoms. The monoisotopic (exact) mass is 221 g/mol. The van der Waals surface area contributed by atoms with Crippen molar-refractivity contribution in [1.82, 2.24) is 9.97 Å². The zero-order valence-corrected chi connectivity index (χ0v) is 8.82. The molecule has 1 saturated heterocycles. The first-order valence-corrected chi connectivity index (χ1v) is 5.14. The third kappa shape index (κ3) is 2.06. The summed E-state index contributed by atoms with van der Waals surface area (Å²) in [7, 11) is 0. The van der Waals surface area contributed by atoms with Gasteiger partial charge in [0.2, 0.25) is 5.82 Å². The van der Waals surface area contributed by atoms with Crippen LogP contribution < -0.4 is 9.64 Å². The molecule has 0 bridgehead atoms. The van der Waals surface area contributed by atoms with Gasteiger partial charge in [0.25, 0.3) is 5.88 Å². The Morgan fingerprint density at radius 1 is 1.44 bits per heavy atom. The summed E-state index contributed by atoms with van der Waals surface area (Å²) in [5, 5.41) is 0. The lowest BCUT2D eigenvalue weighted by Crippen LogP contribution is -2.21. The van der Waals surface area contributed by atoms with Crippen LogP contribution in [0.3, 0.4) is 0 Å². The van der Waals surface area contributed by atoms with Gasteiger partial charge in [-0.25, -0.2) is 4.98 Å². The summed E-state index contributed by atoms with van der Waals surface area (Å²) in [4.78, 5) is 9.54. The largest absolute Gasteiger partial charge is 0.462 e. The molecule has 4 nitrogen and oxygen atoms in total. The fourth-order valence-electron chi connectivity index (χ4n) is 1.71. The lowest BCUT2D eigenvalue weighted by molar-refractivity contribution is 0.331. The van der Waals surface area contributed by atoms with E-state index in [0.29, 0.717) is 5.82 Å². The number of hydrogen-bond acceptors (Lipinski definition) is 4. The Morgan fingerprint density at radius 3 is 2.88 bits per heavy atom. The first-order valence-electron chi connectivity index (χ1n) is 5.14. The highest BCUT2D eigenvalue weighted by Crippen LogP contribution is 2.25. The second-order valence-electron chi connectivity index (χ2n) is 3.50. The molecule has 5 heteroatoms. The summed E-state index contributed by atoms with van der Waals surface area (Å²) < 4.78 is 18.9. The summed E-state index contributed by atoms with van der Waals surface area (Å²) in [6.07, 6.45) is 8.45. The van der Waals surface area contributed by atoms with E-state index in [1.807, 2.05) is 4.90 Å². The van der Waals surface area contributed by atoms with Crippen LogP contribution in [0.15, 0.2) is 6.33 Å². The molecule has 1 aromatic rings. The number of nitrogens with zero attached hydrogens (tertiary/aromatic N) is 3. The molecule has 0 radical (unpaired) electrons. The van der Waals surface area contributed by atoms with E-state index in [4.69, 9.17) is 11.2 Å². The first kappa shape index (κ1) is 10.7. The van der Waals surface area contributed by atoms with Crippen molar-refractivity contribution in [3.63, 3.8) is 0 Å². The highest BCUT2D eigenvalue weighted by atomic mass is 19.1. The number of hydrogen-bond donors (Lipinski definition) is 0. The van der Waals surface area contributed by atoms with E-state index in [0.717, 1.165) is 25.9 Å². The molecule has 0 aromatic carbocycles. The van der Waals surface area contributed by atoms with Crippen molar-refractivity contribution in [2.24, 2.45) is 0 Å². The van der Waals surface area contributed by atoms with Gasteiger partial charge in [0.05, 0.1) is 0 Å². The Labute approximate surface area is 93.5 Å². The zero-order chi connectivity index (χ0) is 11.4. The molecule has 1 aromatic heterocycles. The Kier molecular flexibility index (Phi) is 3.20. The Balaban J connectivity index is 2.22. The lowest BCUT2D eigenvalue weighted by atomic mass is 10.4. The summed E-state index contributed by atoms with van der Waals surface area (Å²) in [5.74, 6) is 1.97. The van der Waals surface area contributed by atoms with Gasteiger partial charge >= 0.3 is 0 Å². The lowest BCUT2D eigenvalue weighted by Gasteiger charge is -2.17. The molecule has 1 aliphatic heterocycles. The molecule has 1 aliphatic rings. The third-order valence-electron chi connectivity index (χ3n) is 2.44. The van der Waals surface area contributed by atoms with Crippen LogP contribution in [0.5, 0.6) is 5.88 Å². The zero-order valence-electron chi connectivity index (χ0n) is 8.82.